The van der Waals surface area contributed by atoms with Gasteiger partial charge in [-0.05, 0) is 37.5 Å². The first-order valence-corrected chi connectivity index (χ1v) is 7.28. The van der Waals surface area contributed by atoms with E-state index in [-0.39, 0.29) is 23.9 Å². The minimum atomic E-state index is -0.298. The number of ether oxygens (including phenoxy) is 1. The van der Waals surface area contributed by atoms with E-state index in [2.05, 4.69) is 10.1 Å². The van der Waals surface area contributed by atoms with Crippen LogP contribution in [-0.4, -0.2) is 37.6 Å². The molecule has 0 aliphatic rings. The summed E-state index contributed by atoms with van der Waals surface area (Å²) in [6, 6.07) is 5.74. The van der Waals surface area contributed by atoms with Crippen LogP contribution in [0.2, 0.25) is 0 Å². The van der Waals surface area contributed by atoms with Crippen LogP contribution in [-0.2, 0) is 9.53 Å². The lowest BCUT2D eigenvalue weighted by Gasteiger charge is -2.25. The van der Waals surface area contributed by atoms with Crippen LogP contribution in [0.4, 0.5) is 9.18 Å². The first-order valence-electron chi connectivity index (χ1n) is 7.28. The van der Waals surface area contributed by atoms with Crippen molar-refractivity contribution in [2.45, 2.75) is 32.2 Å². The Hall–Kier alpha value is -2.11. The molecule has 0 aliphatic carbocycles. The molecule has 5 nitrogen and oxygen atoms in total. The number of carbonyl (C=O) groups is 2. The molecule has 1 aromatic rings. The number of carbonyl (C=O) groups excluding carboxylic acids is 2. The van der Waals surface area contributed by atoms with Gasteiger partial charge in [0.1, 0.15) is 5.82 Å². The molecule has 122 valence electrons. The van der Waals surface area contributed by atoms with Gasteiger partial charge in [-0.15, -0.1) is 0 Å². The highest BCUT2D eigenvalue weighted by atomic mass is 19.1. The number of nitrogens with zero attached hydrogens (tertiary/aromatic N) is 1. The number of rotatable bonds is 7. The van der Waals surface area contributed by atoms with Gasteiger partial charge in [-0.1, -0.05) is 12.1 Å². The topological polar surface area (TPSA) is 58.6 Å². The SMILES string of the molecule is COC(=O)CCCCNC(=O)N(C)C(C)c1ccc(F)cc1. The summed E-state index contributed by atoms with van der Waals surface area (Å²) < 4.78 is 17.4. The van der Waals surface area contributed by atoms with Crippen LogP contribution in [0, 0.1) is 5.82 Å². The number of nitrogens with one attached hydrogen (secondary N) is 1. The molecule has 1 unspecified atom stereocenters. The number of halogens is 1. The van der Waals surface area contributed by atoms with Gasteiger partial charge in [-0.3, -0.25) is 4.79 Å². The molecule has 0 bridgehead atoms. The van der Waals surface area contributed by atoms with Crippen molar-refractivity contribution in [1.82, 2.24) is 10.2 Å². The number of unbranched alkanes of at least 4 members (excludes halogenated alkanes) is 1. The second-order valence-electron chi connectivity index (χ2n) is 5.10. The Morgan fingerprint density at radius 2 is 1.91 bits per heavy atom. The summed E-state index contributed by atoms with van der Waals surface area (Å²) in [5.41, 5.74) is 0.866. The van der Waals surface area contributed by atoms with Crippen molar-refractivity contribution in [2.24, 2.45) is 0 Å². The first-order chi connectivity index (χ1) is 10.5. The van der Waals surface area contributed by atoms with E-state index in [1.54, 1.807) is 24.1 Å². The molecule has 0 radical (unpaired) electrons. The molecule has 0 spiro atoms. The summed E-state index contributed by atoms with van der Waals surface area (Å²) in [7, 11) is 3.05. The van der Waals surface area contributed by atoms with Gasteiger partial charge in [0, 0.05) is 20.0 Å². The van der Waals surface area contributed by atoms with E-state index in [0.29, 0.717) is 25.8 Å². The van der Waals surface area contributed by atoms with Gasteiger partial charge in [0.2, 0.25) is 0 Å². The lowest BCUT2D eigenvalue weighted by Crippen LogP contribution is -2.39. The smallest absolute Gasteiger partial charge is 0.317 e. The van der Waals surface area contributed by atoms with Crippen LogP contribution in [0.25, 0.3) is 0 Å². The number of urea groups is 1. The molecule has 6 heteroatoms. The molecule has 0 saturated carbocycles. The number of hydrogen-bond acceptors (Lipinski definition) is 3. The highest BCUT2D eigenvalue weighted by Crippen LogP contribution is 2.18. The molecule has 0 saturated heterocycles. The predicted octanol–water partition coefficient (Wildman–Crippen LogP) is 2.87. The summed E-state index contributed by atoms with van der Waals surface area (Å²) in [6.07, 6.45) is 1.73. The third kappa shape index (κ3) is 5.71. The zero-order valence-corrected chi connectivity index (χ0v) is 13.3. The van der Waals surface area contributed by atoms with E-state index in [0.717, 1.165) is 5.56 Å². The predicted molar refractivity (Wildman–Crippen MR) is 81.8 cm³/mol. The third-order valence-electron chi connectivity index (χ3n) is 3.57. The number of methoxy groups -OCH3 is 1. The summed E-state index contributed by atoms with van der Waals surface area (Å²) in [5.74, 6) is -0.540. The Bertz CT molecular complexity index is 491. The maximum atomic E-state index is 12.9. The highest BCUT2D eigenvalue weighted by Gasteiger charge is 2.16. The summed E-state index contributed by atoms with van der Waals surface area (Å²) >= 11 is 0. The number of hydrogen-bond donors (Lipinski definition) is 1. The van der Waals surface area contributed by atoms with Gasteiger partial charge in [0.15, 0.2) is 0 Å². The van der Waals surface area contributed by atoms with Crippen molar-refractivity contribution in [3.05, 3.63) is 35.6 Å². The van der Waals surface area contributed by atoms with Crippen molar-refractivity contribution in [2.75, 3.05) is 20.7 Å². The van der Waals surface area contributed by atoms with E-state index in [1.165, 1.54) is 19.2 Å². The zero-order chi connectivity index (χ0) is 16.5. The fourth-order valence-corrected chi connectivity index (χ4v) is 1.96. The average molecular weight is 310 g/mol. The zero-order valence-electron chi connectivity index (χ0n) is 13.3. The number of benzene rings is 1. The standard InChI is InChI=1S/C16H23FN2O3/c1-12(13-7-9-14(17)10-8-13)19(2)16(21)18-11-5-4-6-15(20)22-3/h7-10,12H,4-6,11H2,1-3H3,(H,18,21). The fourth-order valence-electron chi connectivity index (χ4n) is 1.96. The molecule has 2 amide bonds. The monoisotopic (exact) mass is 310 g/mol. The Morgan fingerprint density at radius 3 is 2.50 bits per heavy atom. The quantitative estimate of drug-likeness (QED) is 0.622. The largest absolute Gasteiger partial charge is 0.469 e. The molecule has 1 aromatic carbocycles. The van der Waals surface area contributed by atoms with E-state index >= 15 is 0 Å². The van der Waals surface area contributed by atoms with Crippen molar-refractivity contribution in [3.63, 3.8) is 0 Å². The second-order valence-corrected chi connectivity index (χ2v) is 5.10. The maximum absolute atomic E-state index is 12.9. The molecule has 0 heterocycles. The van der Waals surface area contributed by atoms with E-state index in [9.17, 15) is 14.0 Å². The molecule has 1 rings (SSSR count). The maximum Gasteiger partial charge on any atom is 0.317 e. The first kappa shape index (κ1) is 17.9. The van der Waals surface area contributed by atoms with Gasteiger partial charge in [-0.2, -0.15) is 0 Å². The Kier molecular flexibility index (Phi) is 7.36. The molecule has 1 atom stereocenters. The van der Waals surface area contributed by atoms with Gasteiger partial charge in [0.05, 0.1) is 13.2 Å². The Morgan fingerprint density at radius 1 is 1.27 bits per heavy atom. The molecule has 22 heavy (non-hydrogen) atoms. The van der Waals surface area contributed by atoms with Gasteiger partial charge in [0.25, 0.3) is 0 Å². The van der Waals surface area contributed by atoms with Gasteiger partial charge >= 0.3 is 12.0 Å². The number of amides is 2. The van der Waals surface area contributed by atoms with Crippen molar-refractivity contribution in [1.29, 1.82) is 0 Å². The van der Waals surface area contributed by atoms with Crippen LogP contribution >= 0.6 is 0 Å². The van der Waals surface area contributed by atoms with Crippen LogP contribution in [0.3, 0.4) is 0 Å². The van der Waals surface area contributed by atoms with Crippen LogP contribution in [0.15, 0.2) is 24.3 Å². The van der Waals surface area contributed by atoms with E-state index in [1.807, 2.05) is 6.92 Å². The van der Waals surface area contributed by atoms with Gasteiger partial charge in [-0.25, -0.2) is 9.18 Å². The molecule has 0 aliphatic heterocycles. The molecular formula is C16H23FN2O3. The third-order valence-corrected chi connectivity index (χ3v) is 3.57. The molecule has 1 N–H and O–H groups in total. The Labute approximate surface area is 130 Å². The fraction of sp³-hybridized carbons (Fsp3) is 0.500. The van der Waals surface area contributed by atoms with E-state index in [4.69, 9.17) is 0 Å². The molecular weight excluding hydrogens is 287 g/mol. The van der Waals surface area contributed by atoms with Crippen LogP contribution in [0.5, 0.6) is 0 Å². The minimum Gasteiger partial charge on any atom is -0.469 e. The van der Waals surface area contributed by atoms with E-state index < -0.39 is 0 Å². The normalized spacial score (nSPS) is 11.6. The lowest BCUT2D eigenvalue weighted by molar-refractivity contribution is -0.140. The van der Waals surface area contributed by atoms with Crippen molar-refractivity contribution >= 4 is 12.0 Å². The van der Waals surface area contributed by atoms with Crippen LogP contribution in [0.1, 0.15) is 37.8 Å². The highest BCUT2D eigenvalue weighted by molar-refractivity contribution is 5.74. The van der Waals surface area contributed by atoms with Crippen LogP contribution < -0.4 is 5.32 Å². The lowest BCUT2D eigenvalue weighted by atomic mass is 10.1. The summed E-state index contributed by atoms with van der Waals surface area (Å²) in [4.78, 5) is 24.5. The van der Waals surface area contributed by atoms with Crippen molar-refractivity contribution in [3.8, 4) is 0 Å². The average Bonchev–Trinajstić information content (AvgIpc) is 2.53. The summed E-state index contributed by atoms with van der Waals surface area (Å²) in [6.45, 7) is 2.38. The number of esters is 1. The molecule has 0 aromatic heterocycles. The van der Waals surface area contributed by atoms with Gasteiger partial charge < -0.3 is 15.0 Å². The molecule has 0 fully saturated rings. The Balaban J connectivity index is 2.35. The van der Waals surface area contributed by atoms with Crippen molar-refractivity contribution < 1.29 is 18.7 Å². The minimum absolute atomic E-state index is 0.157. The second kappa shape index (κ2) is 9.02. The summed E-state index contributed by atoms with van der Waals surface area (Å²) in [5, 5.41) is 2.80.